The number of hydrogen-bond acceptors (Lipinski definition) is 4. The summed E-state index contributed by atoms with van der Waals surface area (Å²) < 4.78 is 0. The normalized spacial score (nSPS) is 9.95. The molecule has 0 atom stereocenters. The molecular weight excluding hydrogens is 266 g/mol. The van der Waals surface area contributed by atoms with Crippen molar-refractivity contribution < 1.29 is 4.92 Å². The highest BCUT2D eigenvalue weighted by Crippen LogP contribution is 2.26. The van der Waals surface area contributed by atoms with Crippen molar-refractivity contribution in [3.8, 4) is 6.07 Å². The van der Waals surface area contributed by atoms with Gasteiger partial charge in [-0.3, -0.25) is 10.1 Å². The number of aryl methyl sites for hydroxylation is 2. The number of nitriles is 1. The van der Waals surface area contributed by atoms with E-state index in [0.717, 1.165) is 16.8 Å². The fourth-order valence-corrected chi connectivity index (χ4v) is 2.14. The van der Waals surface area contributed by atoms with Gasteiger partial charge in [-0.25, -0.2) is 0 Å². The molecule has 5 nitrogen and oxygen atoms in total. The lowest BCUT2D eigenvalue weighted by atomic mass is 10.1. The van der Waals surface area contributed by atoms with Gasteiger partial charge >= 0.3 is 0 Å². The molecule has 1 N–H and O–H groups in total. The molecule has 0 aliphatic rings. The highest BCUT2D eigenvalue weighted by atomic mass is 16.6. The molecule has 2 rings (SSSR count). The molecule has 0 aliphatic carbocycles. The summed E-state index contributed by atoms with van der Waals surface area (Å²) in [6.45, 7) is 4.12. The first-order chi connectivity index (χ1) is 10.0. The van der Waals surface area contributed by atoms with Gasteiger partial charge in [0.05, 0.1) is 16.6 Å². The van der Waals surface area contributed by atoms with Gasteiger partial charge in [-0.15, -0.1) is 0 Å². The number of nitro benzene ring substituents is 1. The van der Waals surface area contributed by atoms with E-state index in [9.17, 15) is 10.1 Å². The minimum Gasteiger partial charge on any atom is -0.381 e. The first kappa shape index (κ1) is 14.5. The Hall–Kier alpha value is -2.87. The topological polar surface area (TPSA) is 79.0 Å². The highest BCUT2D eigenvalue weighted by Gasteiger charge is 2.13. The Morgan fingerprint density at radius 1 is 1.24 bits per heavy atom. The molecule has 0 aromatic heterocycles. The number of anilines is 1. The summed E-state index contributed by atoms with van der Waals surface area (Å²) in [7, 11) is 0. The molecule has 0 radical (unpaired) electrons. The van der Waals surface area contributed by atoms with Crippen LogP contribution < -0.4 is 5.32 Å². The molecular formula is C16H15N3O2. The quantitative estimate of drug-likeness (QED) is 0.684. The van der Waals surface area contributed by atoms with E-state index in [1.165, 1.54) is 0 Å². The zero-order chi connectivity index (χ0) is 15.4. The van der Waals surface area contributed by atoms with Crippen LogP contribution in [0, 0.1) is 35.3 Å². The maximum Gasteiger partial charge on any atom is 0.272 e. The molecule has 106 valence electrons. The van der Waals surface area contributed by atoms with Gasteiger partial charge in [0.1, 0.15) is 0 Å². The smallest absolute Gasteiger partial charge is 0.272 e. The van der Waals surface area contributed by atoms with E-state index in [4.69, 9.17) is 5.26 Å². The maximum atomic E-state index is 10.9. The van der Waals surface area contributed by atoms with Crippen LogP contribution in [0.4, 0.5) is 11.4 Å². The number of rotatable bonds is 4. The zero-order valence-corrected chi connectivity index (χ0v) is 11.9. The lowest BCUT2D eigenvalue weighted by Crippen LogP contribution is -2.03. The molecule has 2 aromatic rings. The van der Waals surface area contributed by atoms with Gasteiger partial charge in [0, 0.05) is 23.9 Å². The average molecular weight is 281 g/mol. The molecule has 0 unspecified atom stereocenters. The fraction of sp³-hybridized carbons (Fsp3) is 0.188. The van der Waals surface area contributed by atoms with Crippen LogP contribution in [-0.2, 0) is 6.54 Å². The van der Waals surface area contributed by atoms with Crippen molar-refractivity contribution in [1.29, 1.82) is 5.26 Å². The fourth-order valence-electron chi connectivity index (χ4n) is 2.14. The van der Waals surface area contributed by atoms with E-state index in [2.05, 4.69) is 11.4 Å². The molecule has 0 amide bonds. The predicted octanol–water partition coefficient (Wildman–Crippen LogP) is 3.70. The Labute approximate surface area is 123 Å². The molecule has 0 saturated carbocycles. The Bertz CT molecular complexity index is 733. The standard InChI is InChI=1S/C16H15N3O2/c1-11-7-16(19(20)21)12(2)6-15(11)18-10-14-5-3-4-13(8-14)9-17/h3-8,18H,10H2,1-2H3. The third kappa shape index (κ3) is 3.37. The molecule has 0 aliphatic heterocycles. The van der Waals surface area contributed by atoms with Crippen molar-refractivity contribution >= 4 is 11.4 Å². The van der Waals surface area contributed by atoms with E-state index in [0.29, 0.717) is 17.7 Å². The molecule has 0 heterocycles. The van der Waals surface area contributed by atoms with Gasteiger partial charge in [-0.1, -0.05) is 12.1 Å². The largest absolute Gasteiger partial charge is 0.381 e. The number of nitrogens with one attached hydrogen (secondary N) is 1. The first-order valence-electron chi connectivity index (χ1n) is 6.50. The second-order valence-electron chi connectivity index (χ2n) is 4.88. The van der Waals surface area contributed by atoms with Crippen molar-refractivity contribution in [3.05, 3.63) is 68.8 Å². The summed E-state index contributed by atoms with van der Waals surface area (Å²) in [5, 5.41) is 23.0. The third-order valence-corrected chi connectivity index (χ3v) is 3.28. The van der Waals surface area contributed by atoms with Crippen LogP contribution in [-0.4, -0.2) is 4.92 Å². The SMILES string of the molecule is Cc1cc([N+](=O)[O-])c(C)cc1NCc1cccc(C#N)c1. The molecule has 21 heavy (non-hydrogen) atoms. The van der Waals surface area contributed by atoms with Gasteiger partial charge in [0.25, 0.3) is 5.69 Å². The molecule has 5 heteroatoms. The maximum absolute atomic E-state index is 10.9. The van der Waals surface area contributed by atoms with Crippen LogP contribution in [0.5, 0.6) is 0 Å². The number of nitrogens with zero attached hydrogens (tertiary/aromatic N) is 2. The van der Waals surface area contributed by atoms with Gasteiger partial charge in [0.2, 0.25) is 0 Å². The van der Waals surface area contributed by atoms with Gasteiger partial charge in [-0.05, 0) is 43.2 Å². The van der Waals surface area contributed by atoms with Crippen LogP contribution in [0.2, 0.25) is 0 Å². The highest BCUT2D eigenvalue weighted by molar-refractivity contribution is 5.59. The van der Waals surface area contributed by atoms with Crippen molar-refractivity contribution in [2.45, 2.75) is 20.4 Å². The van der Waals surface area contributed by atoms with Gasteiger partial charge in [-0.2, -0.15) is 5.26 Å². The Kier molecular flexibility index (Phi) is 4.19. The molecule has 0 bridgehead atoms. The molecule has 0 spiro atoms. The minimum absolute atomic E-state index is 0.129. The van der Waals surface area contributed by atoms with Crippen molar-refractivity contribution in [1.82, 2.24) is 0 Å². The summed E-state index contributed by atoms with van der Waals surface area (Å²) in [5.41, 5.74) is 4.04. The average Bonchev–Trinajstić information content (AvgIpc) is 2.47. The van der Waals surface area contributed by atoms with Crippen LogP contribution in [0.15, 0.2) is 36.4 Å². The Balaban J connectivity index is 2.19. The van der Waals surface area contributed by atoms with Gasteiger partial charge in [0.15, 0.2) is 0 Å². The first-order valence-corrected chi connectivity index (χ1v) is 6.50. The minimum atomic E-state index is -0.373. The van der Waals surface area contributed by atoms with Crippen molar-refractivity contribution in [3.63, 3.8) is 0 Å². The zero-order valence-electron chi connectivity index (χ0n) is 11.9. The second kappa shape index (κ2) is 6.06. The van der Waals surface area contributed by atoms with E-state index in [1.807, 2.05) is 25.1 Å². The molecule has 2 aromatic carbocycles. The lowest BCUT2D eigenvalue weighted by Gasteiger charge is -2.11. The van der Waals surface area contributed by atoms with E-state index >= 15 is 0 Å². The lowest BCUT2D eigenvalue weighted by molar-refractivity contribution is -0.385. The monoisotopic (exact) mass is 281 g/mol. The predicted molar refractivity (Wildman–Crippen MR) is 81.1 cm³/mol. The molecule has 0 fully saturated rings. The summed E-state index contributed by atoms with van der Waals surface area (Å²) in [5.74, 6) is 0. The summed E-state index contributed by atoms with van der Waals surface area (Å²) in [6, 6.07) is 12.8. The van der Waals surface area contributed by atoms with Crippen LogP contribution in [0.3, 0.4) is 0 Å². The number of nitro groups is 1. The summed E-state index contributed by atoms with van der Waals surface area (Å²) in [4.78, 5) is 10.5. The van der Waals surface area contributed by atoms with E-state index in [-0.39, 0.29) is 10.6 Å². The van der Waals surface area contributed by atoms with Crippen molar-refractivity contribution in [2.24, 2.45) is 0 Å². The molecule has 0 saturated heterocycles. The van der Waals surface area contributed by atoms with Crippen LogP contribution >= 0.6 is 0 Å². The second-order valence-corrected chi connectivity index (χ2v) is 4.88. The van der Waals surface area contributed by atoms with Gasteiger partial charge < -0.3 is 5.32 Å². The third-order valence-electron chi connectivity index (χ3n) is 3.28. The summed E-state index contributed by atoms with van der Waals surface area (Å²) in [6.07, 6.45) is 0. The van der Waals surface area contributed by atoms with Crippen LogP contribution in [0.25, 0.3) is 0 Å². The van der Waals surface area contributed by atoms with E-state index < -0.39 is 0 Å². The van der Waals surface area contributed by atoms with Crippen molar-refractivity contribution in [2.75, 3.05) is 5.32 Å². The number of hydrogen-bond donors (Lipinski definition) is 1. The van der Waals surface area contributed by atoms with E-state index in [1.54, 1.807) is 25.1 Å². The Morgan fingerprint density at radius 2 is 2.00 bits per heavy atom. The Morgan fingerprint density at radius 3 is 2.67 bits per heavy atom. The summed E-state index contributed by atoms with van der Waals surface area (Å²) >= 11 is 0. The number of benzene rings is 2. The van der Waals surface area contributed by atoms with Crippen LogP contribution in [0.1, 0.15) is 22.3 Å².